The van der Waals surface area contributed by atoms with Crippen LogP contribution in [0.15, 0.2) is 0 Å². The summed E-state index contributed by atoms with van der Waals surface area (Å²) in [5.74, 6) is 0.776. The van der Waals surface area contributed by atoms with E-state index in [0.29, 0.717) is 19.3 Å². The zero-order valence-electron chi connectivity index (χ0n) is 43.9. The van der Waals surface area contributed by atoms with Gasteiger partial charge < -0.3 is 14.2 Å². The van der Waals surface area contributed by atoms with Crippen LogP contribution in [0.4, 0.5) is 0 Å². The van der Waals surface area contributed by atoms with Gasteiger partial charge in [0.25, 0.3) is 0 Å². The summed E-state index contributed by atoms with van der Waals surface area (Å²) in [5, 5.41) is 0. The number of hydrogen-bond acceptors (Lipinski definition) is 6. The van der Waals surface area contributed by atoms with Crippen LogP contribution < -0.4 is 0 Å². The van der Waals surface area contributed by atoms with E-state index < -0.39 is 6.10 Å². The fraction of sp³-hybridized carbons (Fsp3) is 0.948. The van der Waals surface area contributed by atoms with E-state index in [1.54, 1.807) is 0 Å². The standard InChI is InChI=1S/C58H112O6/c1-6-7-8-9-10-11-12-13-14-20-23-26-29-32-38-43-48-56(59)62-51-55(52-63-57(60)49-44-39-35-34-37-42-47-54(4)5)64-58(61)50-45-40-33-30-27-24-21-18-16-15-17-19-22-25-28-31-36-41-46-53(2)3/h53-55H,6-52H2,1-5H3/t55-/m1/s1. The molecule has 6 heteroatoms. The molecule has 0 amide bonds. The SMILES string of the molecule is CCCCCCCCCCCCCCCCCCC(=O)OC[C@H](COC(=O)CCCCCCCCC(C)C)OC(=O)CCCCCCCCCCCCCCCCCCCCC(C)C. The predicted octanol–water partition coefficient (Wildman–Crippen LogP) is 18.9. The van der Waals surface area contributed by atoms with Gasteiger partial charge in [-0.2, -0.15) is 0 Å². The summed E-state index contributed by atoms with van der Waals surface area (Å²) in [6, 6.07) is 0. The van der Waals surface area contributed by atoms with E-state index in [1.165, 1.54) is 212 Å². The number of carbonyl (C=O) groups excluding carboxylic acids is 3. The van der Waals surface area contributed by atoms with Crippen LogP contribution >= 0.6 is 0 Å². The van der Waals surface area contributed by atoms with E-state index in [0.717, 1.165) is 69.6 Å². The smallest absolute Gasteiger partial charge is 0.306 e. The maximum Gasteiger partial charge on any atom is 0.306 e. The third-order valence-electron chi connectivity index (χ3n) is 13.2. The third kappa shape index (κ3) is 51.4. The Labute approximate surface area is 399 Å². The van der Waals surface area contributed by atoms with Crippen molar-refractivity contribution in [2.75, 3.05) is 13.2 Å². The summed E-state index contributed by atoms with van der Waals surface area (Å²) in [6.45, 7) is 11.4. The largest absolute Gasteiger partial charge is 0.462 e. The molecular formula is C58H112O6. The molecule has 0 N–H and O–H groups in total. The van der Waals surface area contributed by atoms with E-state index in [-0.39, 0.29) is 31.1 Å². The van der Waals surface area contributed by atoms with E-state index in [9.17, 15) is 14.4 Å². The minimum Gasteiger partial charge on any atom is -0.462 e. The lowest BCUT2D eigenvalue weighted by Crippen LogP contribution is -2.30. The van der Waals surface area contributed by atoms with Gasteiger partial charge in [0.15, 0.2) is 6.10 Å². The number of hydrogen-bond donors (Lipinski definition) is 0. The molecular weight excluding hydrogens is 793 g/mol. The Kier molecular flexibility index (Phi) is 49.6. The van der Waals surface area contributed by atoms with Crippen molar-refractivity contribution >= 4 is 17.9 Å². The number of esters is 3. The van der Waals surface area contributed by atoms with E-state index in [4.69, 9.17) is 14.2 Å². The van der Waals surface area contributed by atoms with Crippen molar-refractivity contribution in [2.24, 2.45) is 11.8 Å². The van der Waals surface area contributed by atoms with Gasteiger partial charge in [-0.15, -0.1) is 0 Å². The molecule has 64 heavy (non-hydrogen) atoms. The lowest BCUT2D eigenvalue weighted by molar-refractivity contribution is -0.167. The molecule has 0 aromatic heterocycles. The average Bonchev–Trinajstić information content (AvgIpc) is 3.27. The van der Waals surface area contributed by atoms with E-state index in [2.05, 4.69) is 34.6 Å². The fourth-order valence-electron chi connectivity index (χ4n) is 8.87. The van der Waals surface area contributed by atoms with Crippen LogP contribution in [-0.2, 0) is 28.6 Å². The van der Waals surface area contributed by atoms with Crippen molar-refractivity contribution in [1.29, 1.82) is 0 Å². The van der Waals surface area contributed by atoms with Crippen LogP contribution in [0.1, 0.15) is 324 Å². The second-order valence-corrected chi connectivity index (χ2v) is 20.9. The Hall–Kier alpha value is -1.59. The molecule has 0 aliphatic heterocycles. The summed E-state index contributed by atoms with van der Waals surface area (Å²) in [5.41, 5.74) is 0. The summed E-state index contributed by atoms with van der Waals surface area (Å²) in [7, 11) is 0. The monoisotopic (exact) mass is 905 g/mol. The van der Waals surface area contributed by atoms with Gasteiger partial charge in [0.1, 0.15) is 13.2 Å². The highest BCUT2D eigenvalue weighted by Gasteiger charge is 2.19. The first-order valence-corrected chi connectivity index (χ1v) is 28.7. The quantitative estimate of drug-likeness (QED) is 0.0344. The van der Waals surface area contributed by atoms with Gasteiger partial charge in [-0.3, -0.25) is 14.4 Å². The fourth-order valence-corrected chi connectivity index (χ4v) is 8.87. The highest BCUT2D eigenvalue weighted by atomic mass is 16.6. The normalized spacial score (nSPS) is 12.0. The maximum atomic E-state index is 12.8. The number of unbranched alkanes of at least 4 members (excludes halogenated alkanes) is 37. The Morgan fingerprint density at radius 1 is 0.297 bits per heavy atom. The maximum absolute atomic E-state index is 12.8. The first kappa shape index (κ1) is 62.4. The zero-order valence-corrected chi connectivity index (χ0v) is 43.9. The summed E-state index contributed by atoms with van der Waals surface area (Å²) in [6.07, 6.45) is 54.0. The Morgan fingerprint density at radius 2 is 0.516 bits per heavy atom. The van der Waals surface area contributed by atoms with Gasteiger partial charge in [0.2, 0.25) is 0 Å². The highest BCUT2D eigenvalue weighted by Crippen LogP contribution is 2.18. The van der Waals surface area contributed by atoms with Crippen LogP contribution in [0, 0.1) is 11.8 Å². The molecule has 0 radical (unpaired) electrons. The minimum atomic E-state index is -0.763. The molecule has 0 spiro atoms. The first-order valence-electron chi connectivity index (χ1n) is 28.7. The summed E-state index contributed by atoms with van der Waals surface area (Å²) < 4.78 is 16.8. The Morgan fingerprint density at radius 3 is 0.766 bits per heavy atom. The van der Waals surface area contributed by atoms with Crippen molar-refractivity contribution in [1.82, 2.24) is 0 Å². The number of ether oxygens (including phenoxy) is 3. The Balaban J connectivity index is 4.20. The van der Waals surface area contributed by atoms with Crippen LogP contribution in [0.2, 0.25) is 0 Å². The molecule has 0 aliphatic rings. The second-order valence-electron chi connectivity index (χ2n) is 20.9. The number of rotatable bonds is 52. The molecule has 0 unspecified atom stereocenters. The van der Waals surface area contributed by atoms with Crippen LogP contribution in [0.3, 0.4) is 0 Å². The van der Waals surface area contributed by atoms with Crippen molar-refractivity contribution in [2.45, 2.75) is 330 Å². The minimum absolute atomic E-state index is 0.0636. The van der Waals surface area contributed by atoms with Crippen LogP contribution in [0.5, 0.6) is 0 Å². The molecule has 0 saturated carbocycles. The topological polar surface area (TPSA) is 78.9 Å². The van der Waals surface area contributed by atoms with Crippen molar-refractivity contribution in [3.8, 4) is 0 Å². The van der Waals surface area contributed by atoms with E-state index >= 15 is 0 Å². The molecule has 0 rings (SSSR count). The summed E-state index contributed by atoms with van der Waals surface area (Å²) in [4.78, 5) is 38.0. The molecule has 380 valence electrons. The number of carbonyl (C=O) groups is 3. The van der Waals surface area contributed by atoms with Gasteiger partial charge in [0.05, 0.1) is 0 Å². The summed E-state index contributed by atoms with van der Waals surface area (Å²) >= 11 is 0. The predicted molar refractivity (Wildman–Crippen MR) is 275 cm³/mol. The molecule has 0 saturated heterocycles. The van der Waals surface area contributed by atoms with Gasteiger partial charge in [0, 0.05) is 19.3 Å². The van der Waals surface area contributed by atoms with Gasteiger partial charge in [-0.1, -0.05) is 285 Å². The average molecular weight is 906 g/mol. The lowest BCUT2D eigenvalue weighted by atomic mass is 10.0. The van der Waals surface area contributed by atoms with Gasteiger partial charge >= 0.3 is 17.9 Å². The zero-order chi connectivity index (χ0) is 46.8. The van der Waals surface area contributed by atoms with Gasteiger partial charge in [-0.25, -0.2) is 0 Å². The van der Waals surface area contributed by atoms with Crippen LogP contribution in [0.25, 0.3) is 0 Å². The Bertz CT molecular complexity index is 978. The molecule has 6 nitrogen and oxygen atoms in total. The van der Waals surface area contributed by atoms with E-state index in [1.807, 2.05) is 0 Å². The molecule has 0 bridgehead atoms. The van der Waals surface area contributed by atoms with Gasteiger partial charge in [-0.05, 0) is 31.1 Å². The molecule has 0 aromatic carbocycles. The molecule has 0 heterocycles. The molecule has 0 fully saturated rings. The third-order valence-corrected chi connectivity index (χ3v) is 13.2. The lowest BCUT2D eigenvalue weighted by Gasteiger charge is -2.18. The second kappa shape index (κ2) is 50.8. The first-order chi connectivity index (χ1) is 31.2. The molecule has 0 aromatic rings. The highest BCUT2D eigenvalue weighted by molar-refractivity contribution is 5.71. The molecule has 0 aliphatic carbocycles. The van der Waals surface area contributed by atoms with Crippen molar-refractivity contribution in [3.05, 3.63) is 0 Å². The van der Waals surface area contributed by atoms with Crippen molar-refractivity contribution < 1.29 is 28.6 Å². The molecule has 1 atom stereocenters. The van der Waals surface area contributed by atoms with Crippen LogP contribution in [-0.4, -0.2) is 37.2 Å². The van der Waals surface area contributed by atoms with Crippen molar-refractivity contribution in [3.63, 3.8) is 0 Å².